The largest absolute Gasteiger partial charge is 0.496 e. The van der Waals surface area contributed by atoms with Gasteiger partial charge in [0, 0.05) is 5.56 Å². The number of benzene rings is 2. The molecule has 1 atom stereocenters. The van der Waals surface area contributed by atoms with Gasteiger partial charge in [0.05, 0.1) is 11.9 Å². The van der Waals surface area contributed by atoms with Gasteiger partial charge in [-0.25, -0.2) is 8.78 Å². The molecule has 1 unspecified atom stereocenters. The first-order valence-corrected chi connectivity index (χ1v) is 6.75. The van der Waals surface area contributed by atoms with Crippen molar-refractivity contribution in [1.82, 2.24) is 0 Å². The predicted molar refractivity (Wildman–Crippen MR) is 74.7 cm³/mol. The number of hydrogen-bond donors (Lipinski definition) is 0. The number of rotatable bonds is 4. The van der Waals surface area contributed by atoms with Crippen molar-refractivity contribution in [3.8, 4) is 5.75 Å². The van der Waals surface area contributed by atoms with Crippen LogP contribution in [-0.2, 0) is 6.42 Å². The highest BCUT2D eigenvalue weighted by atomic mass is 79.9. The Hall–Kier alpha value is -1.42. The van der Waals surface area contributed by atoms with Crippen LogP contribution in [0.4, 0.5) is 8.78 Å². The van der Waals surface area contributed by atoms with Crippen LogP contribution in [0.2, 0.25) is 0 Å². The van der Waals surface area contributed by atoms with E-state index in [-0.39, 0.29) is 16.5 Å². The van der Waals surface area contributed by atoms with Crippen molar-refractivity contribution in [2.75, 3.05) is 7.11 Å². The first kappa shape index (κ1) is 14.0. The first-order valence-electron chi connectivity index (χ1n) is 5.83. The smallest absolute Gasteiger partial charge is 0.131 e. The summed E-state index contributed by atoms with van der Waals surface area (Å²) in [4.78, 5) is -0.347. The van der Waals surface area contributed by atoms with E-state index in [1.807, 2.05) is 0 Å². The van der Waals surface area contributed by atoms with E-state index in [0.717, 1.165) is 0 Å². The lowest BCUT2D eigenvalue weighted by molar-refractivity contribution is 0.404. The summed E-state index contributed by atoms with van der Waals surface area (Å²) in [7, 11) is 1.49. The number of alkyl halides is 1. The summed E-state index contributed by atoms with van der Waals surface area (Å²) in [6, 6.07) is 11.1. The van der Waals surface area contributed by atoms with E-state index in [4.69, 9.17) is 4.74 Å². The maximum Gasteiger partial charge on any atom is 0.131 e. The van der Waals surface area contributed by atoms with E-state index in [1.54, 1.807) is 30.3 Å². The fourth-order valence-electron chi connectivity index (χ4n) is 1.96. The molecule has 0 aliphatic heterocycles. The van der Waals surface area contributed by atoms with Crippen molar-refractivity contribution in [2.45, 2.75) is 11.2 Å². The van der Waals surface area contributed by atoms with Crippen LogP contribution in [0.25, 0.3) is 0 Å². The quantitative estimate of drug-likeness (QED) is 0.743. The minimum absolute atomic E-state index is 0.290. The van der Waals surface area contributed by atoms with Gasteiger partial charge in [-0.2, -0.15) is 0 Å². The van der Waals surface area contributed by atoms with Crippen LogP contribution < -0.4 is 4.74 Å². The van der Waals surface area contributed by atoms with Crippen LogP contribution in [0.1, 0.15) is 16.0 Å². The van der Waals surface area contributed by atoms with E-state index in [9.17, 15) is 8.78 Å². The Morgan fingerprint density at radius 1 is 1.05 bits per heavy atom. The maximum atomic E-state index is 13.9. The number of methoxy groups -OCH3 is 1. The van der Waals surface area contributed by atoms with Crippen molar-refractivity contribution < 1.29 is 13.5 Å². The fraction of sp³-hybridized carbons (Fsp3) is 0.200. The van der Waals surface area contributed by atoms with Gasteiger partial charge in [-0.3, -0.25) is 0 Å². The Labute approximate surface area is 119 Å². The molecule has 0 radical (unpaired) electrons. The highest BCUT2D eigenvalue weighted by Crippen LogP contribution is 2.36. The highest BCUT2D eigenvalue weighted by molar-refractivity contribution is 9.09. The van der Waals surface area contributed by atoms with Gasteiger partial charge in [0.1, 0.15) is 17.4 Å². The number of hydrogen-bond acceptors (Lipinski definition) is 1. The molecule has 0 aromatic heterocycles. The topological polar surface area (TPSA) is 9.23 Å². The van der Waals surface area contributed by atoms with Crippen LogP contribution >= 0.6 is 15.9 Å². The molecule has 100 valence electrons. The van der Waals surface area contributed by atoms with Crippen molar-refractivity contribution >= 4 is 15.9 Å². The van der Waals surface area contributed by atoms with Gasteiger partial charge < -0.3 is 4.74 Å². The summed E-state index contributed by atoms with van der Waals surface area (Å²) in [6.07, 6.45) is 0.351. The summed E-state index contributed by atoms with van der Waals surface area (Å²) >= 11 is 3.41. The molecule has 0 fully saturated rings. The Bertz CT molecular complexity index is 572. The van der Waals surface area contributed by atoms with E-state index in [1.165, 1.54) is 19.2 Å². The van der Waals surface area contributed by atoms with Gasteiger partial charge in [-0.1, -0.05) is 40.2 Å². The van der Waals surface area contributed by atoms with Gasteiger partial charge in [0.25, 0.3) is 0 Å². The molecule has 0 aliphatic rings. The van der Waals surface area contributed by atoms with Crippen molar-refractivity contribution in [2.24, 2.45) is 0 Å². The van der Waals surface area contributed by atoms with E-state index in [0.29, 0.717) is 23.3 Å². The zero-order chi connectivity index (χ0) is 13.8. The second-order valence-corrected chi connectivity index (χ2v) is 5.22. The van der Waals surface area contributed by atoms with Crippen molar-refractivity contribution in [3.63, 3.8) is 0 Å². The minimum atomic E-state index is -0.363. The second-order valence-electron chi connectivity index (χ2n) is 4.12. The molecular formula is C15H13BrF2O. The molecule has 0 saturated heterocycles. The Kier molecular flexibility index (Phi) is 4.53. The van der Waals surface area contributed by atoms with E-state index in [2.05, 4.69) is 15.9 Å². The zero-order valence-corrected chi connectivity index (χ0v) is 12.0. The molecule has 0 aliphatic carbocycles. The second kappa shape index (κ2) is 6.15. The average Bonchev–Trinajstić information content (AvgIpc) is 2.40. The minimum Gasteiger partial charge on any atom is -0.496 e. The summed E-state index contributed by atoms with van der Waals surface area (Å²) in [6.45, 7) is 0. The average molecular weight is 327 g/mol. The molecule has 19 heavy (non-hydrogen) atoms. The third-order valence-electron chi connectivity index (χ3n) is 2.90. The molecule has 0 spiro atoms. The highest BCUT2D eigenvalue weighted by Gasteiger charge is 2.19. The lowest BCUT2D eigenvalue weighted by Crippen LogP contribution is -2.03. The lowest BCUT2D eigenvalue weighted by Gasteiger charge is -2.15. The predicted octanol–water partition coefficient (Wildman–Crippen LogP) is 4.65. The molecule has 0 saturated carbocycles. The third kappa shape index (κ3) is 3.13. The summed E-state index contributed by atoms with van der Waals surface area (Å²) < 4.78 is 32.6. The SMILES string of the molecule is COc1cccc(F)c1C(Br)Cc1ccccc1F. The van der Waals surface area contributed by atoms with Gasteiger partial charge in [0.2, 0.25) is 0 Å². The van der Waals surface area contributed by atoms with E-state index < -0.39 is 0 Å². The van der Waals surface area contributed by atoms with E-state index >= 15 is 0 Å². The maximum absolute atomic E-state index is 13.9. The Morgan fingerprint density at radius 3 is 2.42 bits per heavy atom. The monoisotopic (exact) mass is 326 g/mol. The van der Waals surface area contributed by atoms with Crippen LogP contribution in [0.15, 0.2) is 42.5 Å². The molecule has 2 rings (SSSR count). The fourth-order valence-corrected chi connectivity index (χ4v) is 2.75. The summed E-state index contributed by atoms with van der Waals surface area (Å²) in [5.74, 6) is -0.196. The normalized spacial score (nSPS) is 12.2. The van der Waals surface area contributed by atoms with Gasteiger partial charge >= 0.3 is 0 Å². The number of halogens is 3. The molecule has 2 aromatic carbocycles. The van der Waals surface area contributed by atoms with Crippen LogP contribution in [0, 0.1) is 11.6 Å². The summed E-state index contributed by atoms with van der Waals surface area (Å²) in [5, 5.41) is 0. The van der Waals surface area contributed by atoms with Gasteiger partial charge in [0.15, 0.2) is 0 Å². The van der Waals surface area contributed by atoms with Crippen molar-refractivity contribution in [3.05, 3.63) is 65.2 Å². The molecule has 2 aromatic rings. The molecule has 1 nitrogen and oxygen atoms in total. The molecule has 4 heteroatoms. The Morgan fingerprint density at radius 2 is 1.74 bits per heavy atom. The van der Waals surface area contributed by atoms with Crippen LogP contribution in [0.3, 0.4) is 0 Å². The molecule has 0 amide bonds. The Balaban J connectivity index is 2.30. The van der Waals surface area contributed by atoms with Crippen molar-refractivity contribution in [1.29, 1.82) is 0 Å². The molecular weight excluding hydrogens is 314 g/mol. The molecule has 0 N–H and O–H groups in total. The lowest BCUT2D eigenvalue weighted by atomic mass is 10.0. The van der Waals surface area contributed by atoms with Gasteiger partial charge in [-0.15, -0.1) is 0 Å². The first-order chi connectivity index (χ1) is 9.13. The van der Waals surface area contributed by atoms with Crippen LogP contribution in [-0.4, -0.2) is 7.11 Å². The molecule has 0 bridgehead atoms. The van der Waals surface area contributed by atoms with Crippen LogP contribution in [0.5, 0.6) is 5.75 Å². The standard InChI is InChI=1S/C15H13BrF2O/c1-19-14-8-4-7-13(18)15(14)11(16)9-10-5-2-3-6-12(10)17/h2-8,11H,9H2,1H3. The summed E-state index contributed by atoms with van der Waals surface area (Å²) in [5.41, 5.74) is 0.947. The number of ether oxygens (including phenoxy) is 1. The third-order valence-corrected chi connectivity index (χ3v) is 3.68. The zero-order valence-electron chi connectivity index (χ0n) is 10.4. The molecule has 0 heterocycles. The van der Waals surface area contributed by atoms with Gasteiger partial charge in [-0.05, 0) is 30.2 Å².